The molecule has 2 rings (SSSR count). The molecule has 19 heavy (non-hydrogen) atoms. The Balaban J connectivity index is 1.98. The van der Waals surface area contributed by atoms with Crippen LogP contribution >= 0.6 is 0 Å². The molecular weight excluding hydrogens is 258 g/mol. The Kier molecular flexibility index (Phi) is 4.43. The summed E-state index contributed by atoms with van der Waals surface area (Å²) in [6.45, 7) is 2.34. The number of rotatable bonds is 6. The first-order valence-corrected chi connectivity index (χ1v) is 8.36. The number of anilines is 1. The van der Waals surface area contributed by atoms with Crippen molar-refractivity contribution in [1.82, 2.24) is 0 Å². The van der Waals surface area contributed by atoms with Gasteiger partial charge in [-0.3, -0.25) is 0 Å². The number of sulfone groups is 1. The number of hydrogen-bond donors (Lipinski definition) is 1. The summed E-state index contributed by atoms with van der Waals surface area (Å²) in [5.74, 6) is 0.458. The van der Waals surface area contributed by atoms with Crippen LogP contribution in [0.1, 0.15) is 13.3 Å². The molecule has 0 unspecified atom stereocenters. The van der Waals surface area contributed by atoms with Gasteiger partial charge in [-0.25, -0.2) is 8.42 Å². The Morgan fingerprint density at radius 1 is 1.00 bits per heavy atom. The zero-order valence-electron chi connectivity index (χ0n) is 11.1. The molecule has 2 aromatic rings. The molecule has 0 saturated heterocycles. The summed E-state index contributed by atoms with van der Waals surface area (Å²) in [5.41, 5.74) is 0.963. The van der Waals surface area contributed by atoms with Gasteiger partial charge in [0.05, 0.1) is 5.75 Å². The molecule has 0 heterocycles. The van der Waals surface area contributed by atoms with E-state index >= 15 is 0 Å². The molecule has 0 aliphatic rings. The minimum absolute atomic E-state index is 0.188. The predicted molar refractivity (Wildman–Crippen MR) is 81.4 cm³/mol. The molecular formula is C15H19NO2S. The third kappa shape index (κ3) is 3.96. The second-order valence-electron chi connectivity index (χ2n) is 4.64. The lowest BCUT2D eigenvalue weighted by molar-refractivity contribution is 0.595. The van der Waals surface area contributed by atoms with Gasteiger partial charge >= 0.3 is 0 Å². The average Bonchev–Trinajstić information content (AvgIpc) is 2.38. The third-order valence-electron chi connectivity index (χ3n) is 3.01. The molecule has 0 amide bonds. The van der Waals surface area contributed by atoms with Gasteiger partial charge in [0.1, 0.15) is 0 Å². The molecule has 102 valence electrons. The maximum absolute atomic E-state index is 11.6. The Morgan fingerprint density at radius 2 is 1.74 bits per heavy atom. The number of benzene rings is 2. The van der Waals surface area contributed by atoms with Gasteiger partial charge in [-0.15, -0.1) is 0 Å². The van der Waals surface area contributed by atoms with E-state index in [0.717, 1.165) is 11.1 Å². The highest BCUT2D eigenvalue weighted by Gasteiger charge is 2.08. The molecule has 3 nitrogen and oxygen atoms in total. The molecule has 1 N–H and O–H groups in total. The van der Waals surface area contributed by atoms with Crippen molar-refractivity contribution in [3.63, 3.8) is 0 Å². The van der Waals surface area contributed by atoms with Crippen LogP contribution in [0.3, 0.4) is 0 Å². The standard InChI is InChI=1S/C15H19NO2S/c1-2-10-19(17,18)11-9-16-15-8-7-13-5-3-4-6-14(13)12-15/h3-8,12,16H,2,9-11H2,1H3. The Morgan fingerprint density at radius 3 is 2.47 bits per heavy atom. The first-order valence-electron chi connectivity index (χ1n) is 6.54. The Labute approximate surface area is 114 Å². The minimum atomic E-state index is -2.91. The second-order valence-corrected chi connectivity index (χ2v) is 6.94. The highest BCUT2D eigenvalue weighted by molar-refractivity contribution is 7.91. The second kappa shape index (κ2) is 6.06. The first-order chi connectivity index (χ1) is 9.11. The minimum Gasteiger partial charge on any atom is -0.384 e. The van der Waals surface area contributed by atoms with Gasteiger partial charge in [-0.1, -0.05) is 37.3 Å². The van der Waals surface area contributed by atoms with E-state index in [4.69, 9.17) is 0 Å². The van der Waals surface area contributed by atoms with Gasteiger partial charge in [0.2, 0.25) is 0 Å². The van der Waals surface area contributed by atoms with Crippen LogP contribution in [0.5, 0.6) is 0 Å². The fourth-order valence-corrected chi connectivity index (χ4v) is 3.30. The molecule has 2 aromatic carbocycles. The van der Waals surface area contributed by atoms with E-state index in [1.807, 2.05) is 43.3 Å². The van der Waals surface area contributed by atoms with E-state index in [-0.39, 0.29) is 11.5 Å². The lowest BCUT2D eigenvalue weighted by Crippen LogP contribution is -2.18. The smallest absolute Gasteiger partial charge is 0.152 e. The quantitative estimate of drug-likeness (QED) is 0.882. The summed E-state index contributed by atoms with van der Waals surface area (Å²) in [5, 5.41) is 5.52. The van der Waals surface area contributed by atoms with E-state index in [1.165, 1.54) is 5.39 Å². The van der Waals surface area contributed by atoms with E-state index in [9.17, 15) is 8.42 Å². The fraction of sp³-hybridized carbons (Fsp3) is 0.333. The van der Waals surface area contributed by atoms with Crippen LogP contribution in [0.2, 0.25) is 0 Å². The van der Waals surface area contributed by atoms with Crippen molar-refractivity contribution < 1.29 is 8.42 Å². The van der Waals surface area contributed by atoms with Crippen LogP contribution in [-0.2, 0) is 9.84 Å². The summed E-state index contributed by atoms with van der Waals surface area (Å²) >= 11 is 0. The van der Waals surface area contributed by atoms with Crippen LogP contribution in [-0.4, -0.2) is 26.5 Å². The molecule has 0 saturated carbocycles. The van der Waals surface area contributed by atoms with Crippen molar-refractivity contribution in [2.75, 3.05) is 23.4 Å². The van der Waals surface area contributed by atoms with Crippen molar-refractivity contribution in [1.29, 1.82) is 0 Å². The number of fused-ring (bicyclic) bond motifs is 1. The largest absolute Gasteiger partial charge is 0.384 e. The van der Waals surface area contributed by atoms with Crippen LogP contribution in [0.4, 0.5) is 5.69 Å². The van der Waals surface area contributed by atoms with Crippen molar-refractivity contribution in [2.24, 2.45) is 0 Å². The SMILES string of the molecule is CCCS(=O)(=O)CCNc1ccc2ccccc2c1. The molecule has 0 aliphatic heterocycles. The zero-order valence-corrected chi connectivity index (χ0v) is 11.9. The van der Waals surface area contributed by atoms with Crippen molar-refractivity contribution in [3.8, 4) is 0 Å². The van der Waals surface area contributed by atoms with E-state index in [1.54, 1.807) is 0 Å². The monoisotopic (exact) mass is 277 g/mol. The maximum atomic E-state index is 11.6. The molecule has 4 heteroatoms. The van der Waals surface area contributed by atoms with Crippen molar-refractivity contribution in [2.45, 2.75) is 13.3 Å². The zero-order chi connectivity index (χ0) is 13.7. The van der Waals surface area contributed by atoms with Gasteiger partial charge in [-0.2, -0.15) is 0 Å². The molecule has 0 radical (unpaired) electrons. The molecule has 0 aromatic heterocycles. The molecule has 0 fully saturated rings. The van der Waals surface area contributed by atoms with Gasteiger partial charge in [0, 0.05) is 18.0 Å². The normalized spacial score (nSPS) is 11.6. The van der Waals surface area contributed by atoms with Crippen LogP contribution in [0, 0.1) is 0 Å². The van der Waals surface area contributed by atoms with E-state index < -0.39 is 9.84 Å². The maximum Gasteiger partial charge on any atom is 0.152 e. The lowest BCUT2D eigenvalue weighted by atomic mass is 10.1. The van der Waals surface area contributed by atoms with Crippen LogP contribution in [0.15, 0.2) is 42.5 Å². The van der Waals surface area contributed by atoms with Gasteiger partial charge in [0.15, 0.2) is 9.84 Å². The molecule has 0 atom stereocenters. The van der Waals surface area contributed by atoms with Crippen LogP contribution in [0.25, 0.3) is 10.8 Å². The summed E-state index contributed by atoms with van der Waals surface area (Å²) < 4.78 is 23.2. The Bertz CT molecular complexity index is 650. The molecule has 0 bridgehead atoms. The van der Waals surface area contributed by atoms with Gasteiger partial charge < -0.3 is 5.32 Å². The predicted octanol–water partition coefficient (Wildman–Crippen LogP) is 3.08. The van der Waals surface area contributed by atoms with Gasteiger partial charge in [0.25, 0.3) is 0 Å². The average molecular weight is 277 g/mol. The number of nitrogens with one attached hydrogen (secondary N) is 1. The van der Waals surface area contributed by atoms with E-state index in [2.05, 4.69) is 11.4 Å². The van der Waals surface area contributed by atoms with Crippen molar-refractivity contribution >= 4 is 26.3 Å². The van der Waals surface area contributed by atoms with Crippen molar-refractivity contribution in [3.05, 3.63) is 42.5 Å². The van der Waals surface area contributed by atoms with Crippen LogP contribution < -0.4 is 5.32 Å². The summed E-state index contributed by atoms with van der Waals surface area (Å²) in [6, 6.07) is 14.2. The third-order valence-corrected chi connectivity index (χ3v) is 4.86. The topological polar surface area (TPSA) is 46.2 Å². The first kappa shape index (κ1) is 13.9. The highest BCUT2D eigenvalue weighted by atomic mass is 32.2. The summed E-state index contributed by atoms with van der Waals surface area (Å²) in [7, 11) is -2.91. The highest BCUT2D eigenvalue weighted by Crippen LogP contribution is 2.18. The lowest BCUT2D eigenvalue weighted by Gasteiger charge is -2.08. The fourth-order valence-electron chi connectivity index (χ4n) is 2.06. The number of hydrogen-bond acceptors (Lipinski definition) is 3. The van der Waals surface area contributed by atoms with Gasteiger partial charge in [-0.05, 0) is 29.3 Å². The Hall–Kier alpha value is -1.55. The summed E-state index contributed by atoms with van der Waals surface area (Å²) in [4.78, 5) is 0. The molecule has 0 spiro atoms. The van der Waals surface area contributed by atoms with E-state index in [0.29, 0.717) is 13.0 Å². The molecule has 0 aliphatic carbocycles. The summed E-state index contributed by atoms with van der Waals surface area (Å²) in [6.07, 6.45) is 0.679.